The summed E-state index contributed by atoms with van der Waals surface area (Å²) in [5, 5.41) is 7.86. The summed E-state index contributed by atoms with van der Waals surface area (Å²) >= 11 is 0. The van der Waals surface area contributed by atoms with Crippen LogP contribution in [0.15, 0.2) is 29.2 Å². The maximum Gasteiger partial charge on any atom is 0.317 e. The van der Waals surface area contributed by atoms with Gasteiger partial charge in [0.25, 0.3) is 0 Å². The molecule has 1 aliphatic rings. The van der Waals surface area contributed by atoms with Crippen LogP contribution in [0.4, 0.5) is 4.79 Å². The molecule has 2 rings (SSSR count). The lowest BCUT2D eigenvalue weighted by molar-refractivity contribution is -0.0154. The number of carbonyl (C=O) groups is 1. The summed E-state index contributed by atoms with van der Waals surface area (Å²) in [6.45, 7) is 4.07. The Balaban J connectivity index is 1.88. The number of hydrogen-bond donors (Lipinski definition) is 2. The molecule has 1 heterocycles. The van der Waals surface area contributed by atoms with Crippen molar-refractivity contribution in [2.24, 2.45) is 5.14 Å². The summed E-state index contributed by atoms with van der Waals surface area (Å²) in [5.41, 5.74) is 0.807. The molecule has 1 aliphatic heterocycles. The summed E-state index contributed by atoms with van der Waals surface area (Å²) < 4.78 is 27.9. The first-order valence-corrected chi connectivity index (χ1v) is 8.71. The number of nitrogens with one attached hydrogen (secondary N) is 1. The molecule has 7 nitrogen and oxygen atoms in total. The number of nitrogens with zero attached hydrogens (tertiary/aromatic N) is 1. The smallest absolute Gasteiger partial charge is 0.317 e. The van der Waals surface area contributed by atoms with Crippen LogP contribution < -0.4 is 10.5 Å². The summed E-state index contributed by atoms with van der Waals surface area (Å²) in [7, 11) is -3.69. The third kappa shape index (κ3) is 4.43. The molecular formula is C14H21N3O4S. The van der Waals surface area contributed by atoms with Crippen molar-refractivity contribution in [2.45, 2.75) is 30.9 Å². The maximum absolute atomic E-state index is 12.1. The Kier molecular flexibility index (Phi) is 5.38. The first-order valence-electron chi connectivity index (χ1n) is 7.16. The van der Waals surface area contributed by atoms with Gasteiger partial charge in [-0.2, -0.15) is 0 Å². The van der Waals surface area contributed by atoms with Crippen LogP contribution in [-0.2, 0) is 21.3 Å². The number of benzene rings is 1. The molecule has 0 aliphatic carbocycles. The highest BCUT2D eigenvalue weighted by Crippen LogP contribution is 2.10. The van der Waals surface area contributed by atoms with Crippen molar-refractivity contribution in [1.29, 1.82) is 0 Å². The Morgan fingerprint density at radius 3 is 2.68 bits per heavy atom. The average Bonchev–Trinajstić information content (AvgIpc) is 2.52. The second kappa shape index (κ2) is 7.08. The van der Waals surface area contributed by atoms with Crippen LogP contribution in [0.25, 0.3) is 0 Å². The molecule has 3 N–H and O–H groups in total. The molecule has 0 radical (unpaired) electrons. The van der Waals surface area contributed by atoms with E-state index >= 15 is 0 Å². The third-order valence-corrected chi connectivity index (χ3v) is 4.51. The molecule has 1 unspecified atom stereocenters. The number of morpholine rings is 1. The SMILES string of the molecule is CCC1CN(C(=O)NCc2ccc(S(N)(=O)=O)cc2)CCO1. The number of hydrogen-bond acceptors (Lipinski definition) is 4. The summed E-state index contributed by atoms with van der Waals surface area (Å²) in [4.78, 5) is 13.9. The Morgan fingerprint density at radius 2 is 2.09 bits per heavy atom. The van der Waals surface area contributed by atoms with E-state index in [9.17, 15) is 13.2 Å². The van der Waals surface area contributed by atoms with Crippen molar-refractivity contribution in [3.8, 4) is 0 Å². The van der Waals surface area contributed by atoms with E-state index in [1.54, 1.807) is 17.0 Å². The molecule has 122 valence electrons. The molecule has 0 aromatic heterocycles. The standard InChI is InChI=1S/C14H21N3O4S/c1-2-12-10-17(7-8-21-12)14(18)16-9-11-3-5-13(6-4-11)22(15,19)20/h3-6,12H,2,7-10H2,1H3,(H,16,18)(H2,15,19,20). The van der Waals surface area contributed by atoms with E-state index in [-0.39, 0.29) is 17.0 Å². The topological polar surface area (TPSA) is 102 Å². The Labute approximate surface area is 130 Å². The zero-order valence-corrected chi connectivity index (χ0v) is 13.3. The number of rotatable bonds is 4. The minimum Gasteiger partial charge on any atom is -0.375 e. The number of ether oxygens (including phenoxy) is 1. The lowest BCUT2D eigenvalue weighted by Gasteiger charge is -2.32. The minimum atomic E-state index is -3.69. The van der Waals surface area contributed by atoms with E-state index in [4.69, 9.17) is 9.88 Å². The number of sulfonamides is 1. The summed E-state index contributed by atoms with van der Waals surface area (Å²) in [6, 6.07) is 5.98. The maximum atomic E-state index is 12.1. The van der Waals surface area contributed by atoms with Gasteiger partial charge in [0.05, 0.1) is 17.6 Å². The van der Waals surface area contributed by atoms with Gasteiger partial charge >= 0.3 is 6.03 Å². The highest BCUT2D eigenvalue weighted by molar-refractivity contribution is 7.89. The van der Waals surface area contributed by atoms with E-state index in [1.807, 2.05) is 6.92 Å². The van der Waals surface area contributed by atoms with Gasteiger partial charge < -0.3 is 15.0 Å². The van der Waals surface area contributed by atoms with Gasteiger partial charge in [0.15, 0.2) is 0 Å². The molecule has 0 bridgehead atoms. The van der Waals surface area contributed by atoms with E-state index < -0.39 is 10.0 Å². The van der Waals surface area contributed by atoms with Crippen LogP contribution in [-0.4, -0.2) is 45.1 Å². The van der Waals surface area contributed by atoms with Crippen LogP contribution in [0, 0.1) is 0 Å². The predicted molar refractivity (Wildman–Crippen MR) is 81.7 cm³/mol. The van der Waals surface area contributed by atoms with Crippen molar-refractivity contribution in [1.82, 2.24) is 10.2 Å². The molecule has 0 saturated carbocycles. The van der Waals surface area contributed by atoms with Crippen molar-refractivity contribution in [3.63, 3.8) is 0 Å². The fourth-order valence-corrected chi connectivity index (χ4v) is 2.75. The molecule has 8 heteroatoms. The van der Waals surface area contributed by atoms with Crippen LogP contribution in [0.5, 0.6) is 0 Å². The van der Waals surface area contributed by atoms with Crippen LogP contribution >= 0.6 is 0 Å². The van der Waals surface area contributed by atoms with Gasteiger partial charge in [-0.3, -0.25) is 0 Å². The lowest BCUT2D eigenvalue weighted by atomic mass is 10.2. The van der Waals surface area contributed by atoms with Gasteiger partial charge in [-0.1, -0.05) is 19.1 Å². The average molecular weight is 327 g/mol. The third-order valence-electron chi connectivity index (χ3n) is 3.58. The molecular weight excluding hydrogens is 306 g/mol. The van der Waals surface area contributed by atoms with Gasteiger partial charge in [-0.25, -0.2) is 18.4 Å². The van der Waals surface area contributed by atoms with Gasteiger partial charge in [0.2, 0.25) is 10.0 Å². The molecule has 1 aromatic carbocycles. The van der Waals surface area contributed by atoms with E-state index in [0.29, 0.717) is 26.2 Å². The minimum absolute atomic E-state index is 0.0570. The van der Waals surface area contributed by atoms with E-state index in [2.05, 4.69) is 5.32 Å². The summed E-state index contributed by atoms with van der Waals surface area (Å²) in [5.74, 6) is 0. The molecule has 1 saturated heterocycles. The van der Waals surface area contributed by atoms with Crippen LogP contribution in [0.2, 0.25) is 0 Å². The second-order valence-electron chi connectivity index (χ2n) is 5.19. The summed E-state index contributed by atoms with van der Waals surface area (Å²) in [6.07, 6.45) is 0.965. The fraction of sp³-hybridized carbons (Fsp3) is 0.500. The van der Waals surface area contributed by atoms with Crippen LogP contribution in [0.3, 0.4) is 0 Å². The Bertz CT molecular complexity index is 615. The number of amides is 2. The second-order valence-corrected chi connectivity index (χ2v) is 6.76. The van der Waals surface area contributed by atoms with E-state index in [0.717, 1.165) is 12.0 Å². The quantitative estimate of drug-likeness (QED) is 0.848. The monoisotopic (exact) mass is 327 g/mol. The molecule has 1 aromatic rings. The van der Waals surface area contributed by atoms with E-state index in [1.165, 1.54) is 12.1 Å². The molecule has 1 fully saturated rings. The number of urea groups is 1. The molecule has 1 atom stereocenters. The van der Waals surface area contributed by atoms with Crippen molar-refractivity contribution in [3.05, 3.63) is 29.8 Å². The molecule has 2 amide bonds. The Morgan fingerprint density at radius 1 is 1.41 bits per heavy atom. The van der Waals surface area contributed by atoms with Crippen LogP contribution in [0.1, 0.15) is 18.9 Å². The van der Waals surface area contributed by atoms with Gasteiger partial charge in [-0.15, -0.1) is 0 Å². The zero-order chi connectivity index (χ0) is 16.2. The van der Waals surface area contributed by atoms with Crippen molar-refractivity contribution in [2.75, 3.05) is 19.7 Å². The zero-order valence-electron chi connectivity index (χ0n) is 12.5. The first kappa shape index (κ1) is 16.7. The highest BCUT2D eigenvalue weighted by atomic mass is 32.2. The van der Waals surface area contributed by atoms with Gasteiger partial charge in [0, 0.05) is 19.6 Å². The number of nitrogens with two attached hydrogens (primary N) is 1. The number of carbonyl (C=O) groups excluding carboxylic acids is 1. The molecule has 22 heavy (non-hydrogen) atoms. The normalized spacial score (nSPS) is 19.0. The number of primary sulfonamides is 1. The van der Waals surface area contributed by atoms with Gasteiger partial charge in [0.1, 0.15) is 0 Å². The van der Waals surface area contributed by atoms with Crippen molar-refractivity contribution >= 4 is 16.1 Å². The Hall–Kier alpha value is -1.64. The largest absolute Gasteiger partial charge is 0.375 e. The fourth-order valence-electron chi connectivity index (χ4n) is 2.24. The first-order chi connectivity index (χ1) is 10.4. The predicted octanol–water partition coefficient (Wildman–Crippen LogP) is 0.654. The highest BCUT2D eigenvalue weighted by Gasteiger charge is 2.22. The lowest BCUT2D eigenvalue weighted by Crippen LogP contribution is -2.49. The van der Waals surface area contributed by atoms with Gasteiger partial charge in [-0.05, 0) is 24.1 Å². The van der Waals surface area contributed by atoms with Crippen molar-refractivity contribution < 1.29 is 17.9 Å². The molecule has 0 spiro atoms.